The van der Waals surface area contributed by atoms with Crippen molar-refractivity contribution >= 4 is 17.5 Å². The summed E-state index contributed by atoms with van der Waals surface area (Å²) in [6.07, 6.45) is 0. The van der Waals surface area contributed by atoms with E-state index in [9.17, 15) is 4.79 Å². The molecule has 1 rings (SSSR count). The smallest absolute Gasteiger partial charge is 0.226 e. The number of halogens is 1. The average molecular weight is 256 g/mol. The number of nitrogens with zero attached hydrogens (tertiary/aromatic N) is 1. The van der Waals surface area contributed by atoms with Gasteiger partial charge < -0.3 is 9.64 Å². The third-order valence-electron chi connectivity index (χ3n) is 2.61. The molecule has 0 bridgehead atoms. The number of hydrogen-bond acceptors (Lipinski definition) is 2. The Hall–Kier alpha value is -1.22. The van der Waals surface area contributed by atoms with Crippen LogP contribution in [-0.2, 0) is 11.3 Å². The van der Waals surface area contributed by atoms with Crippen LogP contribution in [0.1, 0.15) is 12.5 Å². The van der Waals surface area contributed by atoms with E-state index in [1.54, 1.807) is 19.1 Å². The number of benzene rings is 1. The Kier molecular flexibility index (Phi) is 5.29. The molecule has 0 fully saturated rings. The van der Waals surface area contributed by atoms with E-state index in [1.807, 2.05) is 31.2 Å². The lowest BCUT2D eigenvalue weighted by atomic mass is 10.1. The maximum Gasteiger partial charge on any atom is 0.226 e. The number of hydrogen-bond donors (Lipinski definition) is 0. The van der Waals surface area contributed by atoms with E-state index in [1.165, 1.54) is 0 Å². The maximum absolute atomic E-state index is 11.8. The van der Waals surface area contributed by atoms with E-state index in [2.05, 4.69) is 0 Å². The number of rotatable bonds is 5. The van der Waals surface area contributed by atoms with Gasteiger partial charge in [0.25, 0.3) is 0 Å². The number of carbonyl (C=O) groups excluding carboxylic acids is 1. The van der Waals surface area contributed by atoms with Gasteiger partial charge in [-0.05, 0) is 17.7 Å². The molecular formula is C13H18ClNO2. The lowest BCUT2D eigenvalue weighted by Gasteiger charge is -2.20. The van der Waals surface area contributed by atoms with Gasteiger partial charge in [-0.3, -0.25) is 4.79 Å². The standard InChI is InChI=1S/C13H18ClNO2/c1-10(8-14)13(16)15(2)9-11-4-6-12(17-3)7-5-11/h4-7,10H,8-9H2,1-3H3. The van der Waals surface area contributed by atoms with Gasteiger partial charge in [0.2, 0.25) is 5.91 Å². The van der Waals surface area contributed by atoms with Gasteiger partial charge >= 0.3 is 0 Å². The lowest BCUT2D eigenvalue weighted by molar-refractivity contribution is -0.133. The van der Waals surface area contributed by atoms with Crippen LogP contribution in [0.5, 0.6) is 5.75 Å². The molecule has 0 aliphatic rings. The Morgan fingerprint density at radius 2 is 2.00 bits per heavy atom. The molecule has 0 radical (unpaired) electrons. The van der Waals surface area contributed by atoms with Gasteiger partial charge in [-0.15, -0.1) is 11.6 Å². The molecule has 1 aromatic carbocycles. The van der Waals surface area contributed by atoms with Gasteiger partial charge in [0.1, 0.15) is 5.75 Å². The number of methoxy groups -OCH3 is 1. The molecule has 0 N–H and O–H groups in total. The molecule has 0 saturated carbocycles. The Morgan fingerprint density at radius 1 is 1.41 bits per heavy atom. The van der Waals surface area contributed by atoms with Gasteiger partial charge in [-0.2, -0.15) is 0 Å². The highest BCUT2D eigenvalue weighted by molar-refractivity contribution is 6.19. The summed E-state index contributed by atoms with van der Waals surface area (Å²) in [6, 6.07) is 7.68. The molecule has 0 aromatic heterocycles. The van der Waals surface area contributed by atoms with Gasteiger partial charge in [-0.25, -0.2) is 0 Å². The summed E-state index contributed by atoms with van der Waals surface area (Å²) in [4.78, 5) is 13.5. The van der Waals surface area contributed by atoms with Crippen molar-refractivity contribution in [1.82, 2.24) is 4.90 Å². The van der Waals surface area contributed by atoms with Gasteiger partial charge in [0.05, 0.1) is 7.11 Å². The van der Waals surface area contributed by atoms with E-state index in [0.717, 1.165) is 11.3 Å². The normalized spacial score (nSPS) is 12.0. The maximum atomic E-state index is 11.8. The first-order valence-electron chi connectivity index (χ1n) is 5.52. The van der Waals surface area contributed by atoms with Crippen LogP contribution in [0, 0.1) is 5.92 Å². The summed E-state index contributed by atoms with van der Waals surface area (Å²) in [5, 5.41) is 0. The quantitative estimate of drug-likeness (QED) is 0.757. The molecular weight excluding hydrogens is 238 g/mol. The number of ether oxygens (including phenoxy) is 1. The zero-order valence-corrected chi connectivity index (χ0v) is 11.2. The van der Waals surface area contributed by atoms with Crippen molar-refractivity contribution in [2.75, 3.05) is 20.0 Å². The van der Waals surface area contributed by atoms with Crippen LogP contribution in [0.25, 0.3) is 0 Å². The van der Waals surface area contributed by atoms with Crippen molar-refractivity contribution in [3.63, 3.8) is 0 Å². The van der Waals surface area contributed by atoms with Gasteiger partial charge in [0.15, 0.2) is 0 Å². The van der Waals surface area contributed by atoms with E-state index in [4.69, 9.17) is 16.3 Å². The fourth-order valence-electron chi connectivity index (χ4n) is 1.52. The van der Waals surface area contributed by atoms with Crippen LogP contribution >= 0.6 is 11.6 Å². The Balaban J connectivity index is 2.61. The van der Waals surface area contributed by atoms with Crippen molar-refractivity contribution in [3.05, 3.63) is 29.8 Å². The third kappa shape index (κ3) is 3.93. The SMILES string of the molecule is COc1ccc(CN(C)C(=O)C(C)CCl)cc1. The first kappa shape index (κ1) is 13.8. The molecule has 1 aromatic rings. The average Bonchev–Trinajstić information content (AvgIpc) is 2.37. The molecule has 0 aliphatic carbocycles. The van der Waals surface area contributed by atoms with Crippen molar-refractivity contribution in [2.45, 2.75) is 13.5 Å². The minimum atomic E-state index is -0.139. The number of alkyl halides is 1. The first-order chi connectivity index (χ1) is 8.08. The van der Waals surface area contributed by atoms with Crippen molar-refractivity contribution in [2.24, 2.45) is 5.92 Å². The molecule has 1 amide bonds. The summed E-state index contributed by atoms with van der Waals surface area (Å²) in [7, 11) is 3.42. The molecule has 4 heteroatoms. The molecule has 1 atom stereocenters. The van der Waals surface area contributed by atoms with Crippen LogP contribution in [-0.4, -0.2) is 30.8 Å². The predicted molar refractivity (Wildman–Crippen MR) is 69.4 cm³/mol. The van der Waals surface area contributed by atoms with Crippen LogP contribution < -0.4 is 4.74 Å². The van der Waals surface area contributed by atoms with Crippen molar-refractivity contribution < 1.29 is 9.53 Å². The Labute approximate surface area is 107 Å². The zero-order valence-electron chi connectivity index (χ0n) is 10.4. The zero-order chi connectivity index (χ0) is 12.8. The minimum Gasteiger partial charge on any atom is -0.497 e. The Morgan fingerprint density at radius 3 is 2.47 bits per heavy atom. The fraction of sp³-hybridized carbons (Fsp3) is 0.462. The molecule has 0 aliphatic heterocycles. The molecule has 3 nitrogen and oxygen atoms in total. The number of carbonyl (C=O) groups is 1. The van der Waals surface area contributed by atoms with Crippen LogP contribution in [0.2, 0.25) is 0 Å². The van der Waals surface area contributed by atoms with E-state index < -0.39 is 0 Å². The van der Waals surface area contributed by atoms with Crippen LogP contribution in [0.15, 0.2) is 24.3 Å². The monoisotopic (exact) mass is 255 g/mol. The molecule has 94 valence electrons. The molecule has 0 saturated heterocycles. The predicted octanol–water partition coefficient (Wildman–Crippen LogP) is 2.53. The second-order valence-electron chi connectivity index (χ2n) is 4.10. The second kappa shape index (κ2) is 6.50. The van der Waals surface area contributed by atoms with Crippen LogP contribution in [0.3, 0.4) is 0 Å². The van der Waals surface area contributed by atoms with Gasteiger partial charge in [0, 0.05) is 25.4 Å². The van der Waals surface area contributed by atoms with E-state index in [-0.39, 0.29) is 11.8 Å². The molecule has 0 spiro atoms. The Bertz CT molecular complexity index is 364. The third-order valence-corrected chi connectivity index (χ3v) is 3.07. The highest BCUT2D eigenvalue weighted by atomic mass is 35.5. The molecule has 17 heavy (non-hydrogen) atoms. The summed E-state index contributed by atoms with van der Waals surface area (Å²) in [5.41, 5.74) is 1.07. The highest BCUT2D eigenvalue weighted by Gasteiger charge is 2.16. The highest BCUT2D eigenvalue weighted by Crippen LogP contribution is 2.13. The largest absolute Gasteiger partial charge is 0.497 e. The van der Waals surface area contributed by atoms with Crippen molar-refractivity contribution in [1.29, 1.82) is 0 Å². The van der Waals surface area contributed by atoms with E-state index in [0.29, 0.717) is 12.4 Å². The summed E-state index contributed by atoms with van der Waals surface area (Å²) >= 11 is 5.67. The van der Waals surface area contributed by atoms with Gasteiger partial charge in [-0.1, -0.05) is 19.1 Å². The lowest BCUT2D eigenvalue weighted by Crippen LogP contribution is -2.31. The summed E-state index contributed by atoms with van der Waals surface area (Å²) in [5.74, 6) is 1.10. The van der Waals surface area contributed by atoms with Crippen LogP contribution in [0.4, 0.5) is 0 Å². The fourth-order valence-corrected chi connectivity index (χ4v) is 1.66. The van der Waals surface area contributed by atoms with Crippen molar-refractivity contribution in [3.8, 4) is 5.75 Å². The first-order valence-corrected chi connectivity index (χ1v) is 6.05. The molecule has 1 unspecified atom stereocenters. The number of amides is 1. The second-order valence-corrected chi connectivity index (χ2v) is 4.41. The molecule has 0 heterocycles. The summed E-state index contributed by atoms with van der Waals surface area (Å²) in [6.45, 7) is 2.42. The topological polar surface area (TPSA) is 29.5 Å². The summed E-state index contributed by atoms with van der Waals surface area (Å²) < 4.78 is 5.08. The van der Waals surface area contributed by atoms with E-state index >= 15 is 0 Å². The minimum absolute atomic E-state index is 0.0656.